The first-order chi connectivity index (χ1) is 15.2. The summed E-state index contributed by atoms with van der Waals surface area (Å²) in [6.07, 6.45) is 12.7. The Labute approximate surface area is 186 Å². The van der Waals surface area contributed by atoms with E-state index in [0.29, 0.717) is 18.1 Å². The molecule has 1 aromatic heterocycles. The van der Waals surface area contributed by atoms with Crippen molar-refractivity contribution < 1.29 is 4.79 Å². The van der Waals surface area contributed by atoms with Crippen molar-refractivity contribution in [1.82, 2.24) is 10.3 Å². The number of hydrogen-bond donors (Lipinski definition) is 3. The number of nitrogens with zero attached hydrogens (tertiary/aromatic N) is 3. The predicted molar refractivity (Wildman–Crippen MR) is 128 cm³/mol. The summed E-state index contributed by atoms with van der Waals surface area (Å²) in [6, 6.07) is 12.5. The number of rotatable bonds is 14. The van der Waals surface area contributed by atoms with Crippen molar-refractivity contribution in [2.24, 2.45) is 10.2 Å². The summed E-state index contributed by atoms with van der Waals surface area (Å²) >= 11 is 0. The summed E-state index contributed by atoms with van der Waals surface area (Å²) in [6.45, 7) is 2.90. The molecule has 0 fully saturated rings. The number of nitrogens with two attached hydrogens (primary N) is 1. The number of pyridine rings is 1. The molecule has 7 heteroatoms. The molecule has 0 aliphatic carbocycles. The minimum atomic E-state index is -0.276. The lowest BCUT2D eigenvalue weighted by Crippen LogP contribution is -2.29. The first-order valence-electron chi connectivity index (χ1n) is 11.5. The van der Waals surface area contributed by atoms with Crippen LogP contribution in [0.1, 0.15) is 71.1 Å². The number of carbonyl (C=O) groups is 1. The molecule has 4 N–H and O–H groups in total. The third-order valence-corrected chi connectivity index (χ3v) is 4.99. The molecule has 2 amide bonds. The van der Waals surface area contributed by atoms with Crippen LogP contribution in [0.4, 0.5) is 27.8 Å². The van der Waals surface area contributed by atoms with E-state index >= 15 is 0 Å². The summed E-state index contributed by atoms with van der Waals surface area (Å²) in [4.78, 5) is 16.2. The molecule has 2 rings (SSSR count). The maximum Gasteiger partial charge on any atom is 0.320 e. The Kier molecular flexibility index (Phi) is 11.7. The number of carbonyl (C=O) groups excluding carboxylic acids is 1. The molecular formula is C24H36N6O. The van der Waals surface area contributed by atoms with Gasteiger partial charge >= 0.3 is 6.03 Å². The lowest BCUT2D eigenvalue weighted by atomic mass is 10.1. The Bertz CT molecular complexity index is 794. The van der Waals surface area contributed by atoms with Crippen molar-refractivity contribution in [3.63, 3.8) is 0 Å². The van der Waals surface area contributed by atoms with Gasteiger partial charge in [-0.3, -0.25) is 5.32 Å². The monoisotopic (exact) mass is 424 g/mol. The number of unbranched alkanes of at least 4 members (excludes halogenated alkanes) is 9. The smallest absolute Gasteiger partial charge is 0.320 e. The number of nitrogens with one attached hydrogen (secondary N) is 2. The summed E-state index contributed by atoms with van der Waals surface area (Å²) < 4.78 is 0. The molecule has 31 heavy (non-hydrogen) atoms. The minimum Gasteiger partial charge on any atom is -0.382 e. The van der Waals surface area contributed by atoms with Crippen LogP contribution in [-0.4, -0.2) is 17.6 Å². The molecule has 1 heterocycles. The molecule has 0 spiro atoms. The van der Waals surface area contributed by atoms with E-state index < -0.39 is 0 Å². The molecule has 1 aromatic carbocycles. The molecule has 0 saturated heterocycles. The third-order valence-electron chi connectivity index (χ3n) is 4.99. The second-order valence-electron chi connectivity index (χ2n) is 7.70. The molecule has 0 radical (unpaired) electrons. The highest BCUT2D eigenvalue weighted by molar-refractivity contribution is 5.88. The molecule has 0 aliphatic rings. The van der Waals surface area contributed by atoms with Crippen LogP contribution in [0.2, 0.25) is 0 Å². The molecule has 0 aliphatic heterocycles. The normalized spacial score (nSPS) is 11.0. The lowest BCUT2D eigenvalue weighted by Gasteiger charge is -2.08. The van der Waals surface area contributed by atoms with E-state index in [1.807, 2.05) is 30.3 Å². The zero-order chi connectivity index (χ0) is 22.2. The van der Waals surface area contributed by atoms with E-state index in [4.69, 9.17) is 5.73 Å². The number of hydrogen-bond acceptors (Lipinski definition) is 5. The molecule has 0 unspecified atom stereocenters. The highest BCUT2D eigenvalue weighted by Gasteiger charge is 2.06. The van der Waals surface area contributed by atoms with Crippen LogP contribution in [0.3, 0.4) is 0 Å². The van der Waals surface area contributed by atoms with Crippen molar-refractivity contribution in [2.45, 2.75) is 71.1 Å². The van der Waals surface area contributed by atoms with Crippen LogP contribution in [0.5, 0.6) is 0 Å². The van der Waals surface area contributed by atoms with Gasteiger partial charge in [-0.2, -0.15) is 5.11 Å². The van der Waals surface area contributed by atoms with Crippen LogP contribution in [0.25, 0.3) is 0 Å². The average molecular weight is 425 g/mol. The first kappa shape index (κ1) is 24.3. The Balaban J connectivity index is 1.59. The van der Waals surface area contributed by atoms with Crippen LogP contribution < -0.4 is 16.4 Å². The molecule has 0 saturated carbocycles. The van der Waals surface area contributed by atoms with Crippen LogP contribution in [0, 0.1) is 0 Å². The van der Waals surface area contributed by atoms with Gasteiger partial charge in [0.2, 0.25) is 0 Å². The number of urea groups is 1. The summed E-state index contributed by atoms with van der Waals surface area (Å²) in [5.41, 5.74) is 7.13. The molecule has 0 atom stereocenters. The second-order valence-corrected chi connectivity index (χ2v) is 7.70. The summed E-state index contributed by atoms with van der Waals surface area (Å²) in [5, 5.41) is 13.8. The second kappa shape index (κ2) is 14.9. The molecule has 2 aromatic rings. The van der Waals surface area contributed by atoms with E-state index in [0.717, 1.165) is 18.5 Å². The molecule has 7 nitrogen and oxygen atoms in total. The zero-order valence-electron chi connectivity index (χ0n) is 18.6. The number of nitrogen functional groups attached to an aromatic ring is 1. The molecular weight excluding hydrogens is 388 g/mol. The number of anilines is 2. The Hall–Kier alpha value is -2.96. The largest absolute Gasteiger partial charge is 0.382 e. The van der Waals surface area contributed by atoms with E-state index in [-0.39, 0.29) is 11.8 Å². The van der Waals surface area contributed by atoms with Gasteiger partial charge in [0.05, 0.1) is 5.69 Å². The van der Waals surface area contributed by atoms with Crippen LogP contribution >= 0.6 is 0 Å². The fraction of sp³-hybridized carbons (Fsp3) is 0.500. The van der Waals surface area contributed by atoms with E-state index in [2.05, 4.69) is 32.8 Å². The van der Waals surface area contributed by atoms with Crippen molar-refractivity contribution in [3.8, 4) is 0 Å². The van der Waals surface area contributed by atoms with E-state index in [9.17, 15) is 4.79 Å². The topological polar surface area (TPSA) is 105 Å². The van der Waals surface area contributed by atoms with Gasteiger partial charge < -0.3 is 11.1 Å². The van der Waals surface area contributed by atoms with Crippen molar-refractivity contribution >= 4 is 29.0 Å². The number of aromatic nitrogens is 1. The first-order valence-corrected chi connectivity index (χ1v) is 11.5. The number of azo groups is 1. The average Bonchev–Trinajstić information content (AvgIpc) is 2.77. The Morgan fingerprint density at radius 1 is 0.871 bits per heavy atom. The van der Waals surface area contributed by atoms with Gasteiger partial charge in [0, 0.05) is 6.54 Å². The van der Waals surface area contributed by atoms with Crippen LogP contribution in [0.15, 0.2) is 52.7 Å². The number of benzene rings is 1. The fourth-order valence-electron chi connectivity index (χ4n) is 3.20. The lowest BCUT2D eigenvalue weighted by molar-refractivity contribution is 0.252. The van der Waals surface area contributed by atoms with Gasteiger partial charge in [-0.15, -0.1) is 5.11 Å². The van der Waals surface area contributed by atoms with Gasteiger partial charge in [-0.05, 0) is 30.7 Å². The van der Waals surface area contributed by atoms with Crippen molar-refractivity contribution in [3.05, 3.63) is 42.5 Å². The number of amides is 2. The fourth-order valence-corrected chi connectivity index (χ4v) is 3.20. The SMILES string of the molecule is CCCCCCCCCCCCNC(=O)Nc1ccc(N=Nc2ccccc2)c(N)n1. The highest BCUT2D eigenvalue weighted by atomic mass is 16.2. The quantitative estimate of drug-likeness (QED) is 0.222. The predicted octanol–water partition coefficient (Wildman–Crippen LogP) is 7.12. The minimum absolute atomic E-state index is 0.215. The highest BCUT2D eigenvalue weighted by Crippen LogP contribution is 2.24. The van der Waals surface area contributed by atoms with E-state index in [1.54, 1.807) is 12.1 Å². The Morgan fingerprint density at radius 3 is 2.16 bits per heavy atom. The third kappa shape index (κ3) is 10.6. The zero-order valence-corrected chi connectivity index (χ0v) is 18.6. The van der Waals surface area contributed by atoms with Crippen LogP contribution in [-0.2, 0) is 0 Å². The van der Waals surface area contributed by atoms with Gasteiger partial charge in [0.25, 0.3) is 0 Å². The maximum atomic E-state index is 12.0. The molecule has 168 valence electrons. The van der Waals surface area contributed by atoms with E-state index in [1.165, 1.54) is 51.4 Å². The Morgan fingerprint density at radius 2 is 1.52 bits per heavy atom. The van der Waals surface area contributed by atoms with Crippen molar-refractivity contribution in [1.29, 1.82) is 0 Å². The van der Waals surface area contributed by atoms with Gasteiger partial charge in [-0.1, -0.05) is 82.9 Å². The molecule has 0 bridgehead atoms. The maximum absolute atomic E-state index is 12.0. The van der Waals surface area contributed by atoms with Gasteiger partial charge in [0.1, 0.15) is 11.5 Å². The van der Waals surface area contributed by atoms with Gasteiger partial charge in [-0.25, -0.2) is 9.78 Å². The van der Waals surface area contributed by atoms with Crippen molar-refractivity contribution in [2.75, 3.05) is 17.6 Å². The summed E-state index contributed by atoms with van der Waals surface area (Å²) in [7, 11) is 0. The summed E-state index contributed by atoms with van der Waals surface area (Å²) in [5.74, 6) is 0.601. The standard InChI is InChI=1S/C24H36N6O/c1-2-3-4-5-6-7-8-9-10-14-19-26-24(31)28-22-18-17-21(23(25)27-22)30-29-20-15-12-11-13-16-20/h11-13,15-18H,2-10,14,19H2,1H3,(H4,25,26,27,28,31). The van der Waals surface area contributed by atoms with Gasteiger partial charge in [0.15, 0.2) is 5.82 Å².